The van der Waals surface area contributed by atoms with E-state index in [0.717, 1.165) is 0 Å². The van der Waals surface area contributed by atoms with Gasteiger partial charge in [-0.1, -0.05) is 245 Å². The monoisotopic (exact) mass is 535 g/mol. The molecule has 4 saturated carbocycles. The Morgan fingerprint density at radius 3 is 0.368 bits per heavy atom. The molecule has 0 radical (unpaired) electrons. The smallest absolute Gasteiger partial charge is 0.0533 e. The van der Waals surface area contributed by atoms with Gasteiger partial charge in [0.2, 0.25) is 0 Å². The first-order chi connectivity index (χ1) is 18.9. The quantitative estimate of drug-likeness (QED) is 0.114. The highest BCUT2D eigenvalue weighted by Gasteiger charge is 1.97. The Hall–Kier alpha value is 0. The molecular formula is C38H78. The Balaban J connectivity index is 0.000000898. The summed E-state index contributed by atoms with van der Waals surface area (Å²) in [4.78, 5) is 0. The molecule has 0 amide bonds. The van der Waals surface area contributed by atoms with Crippen LogP contribution in [0.2, 0.25) is 0 Å². The van der Waals surface area contributed by atoms with E-state index in [-0.39, 0.29) is 0 Å². The fourth-order valence-corrected chi connectivity index (χ4v) is 4.04. The summed E-state index contributed by atoms with van der Waals surface area (Å²) >= 11 is 0. The van der Waals surface area contributed by atoms with Gasteiger partial charge in [0.05, 0.1) is 0 Å². The highest BCUT2D eigenvalue weighted by Crippen LogP contribution is 2.17. The van der Waals surface area contributed by atoms with E-state index in [9.17, 15) is 0 Å². The Morgan fingerprint density at radius 1 is 0.184 bits per heavy atom. The lowest BCUT2D eigenvalue weighted by atomic mass is 10.0. The lowest BCUT2D eigenvalue weighted by Gasteiger charge is -2.04. The fraction of sp³-hybridized carbons (Fsp3) is 1.00. The molecule has 4 rings (SSSR count). The van der Waals surface area contributed by atoms with E-state index in [1.54, 1.807) is 0 Å². The van der Waals surface area contributed by atoms with E-state index in [1.807, 2.05) is 0 Å². The highest BCUT2D eigenvalue weighted by atomic mass is 14.0. The van der Waals surface area contributed by atoms with Crippen LogP contribution in [0.5, 0.6) is 0 Å². The predicted molar refractivity (Wildman–Crippen MR) is 178 cm³/mol. The molecule has 0 spiro atoms. The fourth-order valence-electron chi connectivity index (χ4n) is 4.04. The molecule has 0 atom stereocenters. The van der Waals surface area contributed by atoms with Crippen LogP contribution in [-0.2, 0) is 0 Å². The second-order valence-corrected chi connectivity index (χ2v) is 13.0. The third-order valence-corrected chi connectivity index (χ3v) is 7.37. The second kappa shape index (κ2) is 37.0. The molecule has 0 unspecified atom stereocenters. The van der Waals surface area contributed by atoms with Crippen LogP contribution in [0.4, 0.5) is 0 Å². The van der Waals surface area contributed by atoms with Gasteiger partial charge in [0.15, 0.2) is 0 Å². The van der Waals surface area contributed by atoms with E-state index in [0.29, 0.717) is 0 Å². The summed E-state index contributed by atoms with van der Waals surface area (Å²) in [7, 11) is 0. The summed E-state index contributed by atoms with van der Waals surface area (Å²) in [6.45, 7) is 4.61. The molecule has 0 bridgehead atoms. The third kappa shape index (κ3) is 60.5. The molecule has 0 heterocycles. The second-order valence-electron chi connectivity index (χ2n) is 13.0. The maximum Gasteiger partial charge on any atom is -0.0533 e. The minimum Gasteiger partial charge on any atom is -0.0654 e. The number of unbranched alkanes of at least 4 members (excludes halogenated alkanes) is 23. The van der Waals surface area contributed by atoms with Gasteiger partial charge in [-0.2, -0.15) is 0 Å². The first-order valence-electron chi connectivity index (χ1n) is 18.9. The van der Waals surface area contributed by atoms with Crippen molar-refractivity contribution in [3.63, 3.8) is 0 Å². The predicted octanol–water partition coefficient (Wildman–Crippen LogP) is 15.1. The summed E-state index contributed by atoms with van der Waals surface area (Å²) < 4.78 is 0. The van der Waals surface area contributed by atoms with Gasteiger partial charge in [-0.05, 0) is 0 Å². The Labute approximate surface area is 244 Å². The largest absolute Gasteiger partial charge is 0.0654 e. The molecular weight excluding hydrogens is 456 g/mol. The zero-order chi connectivity index (χ0) is 27.5. The molecule has 4 fully saturated rings. The van der Waals surface area contributed by atoms with Gasteiger partial charge in [0.1, 0.15) is 0 Å². The Kier molecular flexibility index (Phi) is 37.0. The number of hydrogen-bond acceptors (Lipinski definition) is 0. The van der Waals surface area contributed by atoms with Crippen LogP contribution in [0.15, 0.2) is 0 Å². The molecule has 38 heavy (non-hydrogen) atoms. The van der Waals surface area contributed by atoms with Crippen molar-refractivity contribution < 1.29 is 0 Å². The lowest BCUT2D eigenvalue weighted by molar-refractivity contribution is 0.518. The highest BCUT2D eigenvalue weighted by molar-refractivity contribution is 4.53. The normalized spacial score (nSPS) is 15.3. The van der Waals surface area contributed by atoms with Crippen molar-refractivity contribution in [3.05, 3.63) is 0 Å². The average molecular weight is 535 g/mol. The van der Waals surface area contributed by atoms with E-state index in [1.165, 1.54) is 231 Å². The van der Waals surface area contributed by atoms with Crippen molar-refractivity contribution in [2.45, 2.75) is 245 Å². The molecule has 0 aromatic carbocycles. The molecule has 230 valence electrons. The van der Waals surface area contributed by atoms with Crippen LogP contribution in [0.1, 0.15) is 245 Å². The summed E-state index contributed by atoms with van der Waals surface area (Å²) in [6, 6.07) is 0. The molecule has 4 aliphatic carbocycles. The van der Waals surface area contributed by atoms with Gasteiger partial charge in [-0.3, -0.25) is 0 Å². The van der Waals surface area contributed by atoms with Gasteiger partial charge in [0, 0.05) is 0 Å². The first-order valence-corrected chi connectivity index (χ1v) is 18.9. The maximum atomic E-state index is 2.30. The molecule has 0 aliphatic heterocycles. The topological polar surface area (TPSA) is 0 Å². The first kappa shape index (κ1) is 38.0. The van der Waals surface area contributed by atoms with Gasteiger partial charge in [0.25, 0.3) is 0 Å². The standard InChI is InChI=1S/C26H54.4C3H6/c1-3-5-7-9-11-13-15-17-19-21-23-25-26-24-22-20-18-16-14-12-10-8-6-4-2;4*1-2-3-1/h3-26H2,1-2H3;4*1-3H2. The SMILES string of the molecule is C1CC1.C1CC1.C1CC1.C1CC1.CCCCCCCCCCCCCCCCCCCCCCCCCC. The van der Waals surface area contributed by atoms with Crippen molar-refractivity contribution in [1.82, 2.24) is 0 Å². The molecule has 0 aromatic heterocycles. The van der Waals surface area contributed by atoms with Crippen LogP contribution < -0.4 is 0 Å². The Morgan fingerprint density at radius 2 is 0.289 bits per heavy atom. The van der Waals surface area contributed by atoms with E-state index < -0.39 is 0 Å². The van der Waals surface area contributed by atoms with Gasteiger partial charge in [-0.15, -0.1) is 0 Å². The summed E-state index contributed by atoms with van der Waals surface area (Å²) in [5.74, 6) is 0. The lowest BCUT2D eigenvalue weighted by Crippen LogP contribution is -1.84. The molecule has 0 heteroatoms. The van der Waals surface area contributed by atoms with Gasteiger partial charge < -0.3 is 0 Å². The molecule has 0 saturated heterocycles. The van der Waals surface area contributed by atoms with Crippen molar-refractivity contribution >= 4 is 0 Å². The van der Waals surface area contributed by atoms with Crippen LogP contribution >= 0.6 is 0 Å². The van der Waals surface area contributed by atoms with Gasteiger partial charge >= 0.3 is 0 Å². The van der Waals surface area contributed by atoms with Crippen LogP contribution in [0.3, 0.4) is 0 Å². The zero-order valence-electron chi connectivity index (χ0n) is 27.5. The summed E-state index contributed by atoms with van der Waals surface area (Å²) in [5, 5.41) is 0. The van der Waals surface area contributed by atoms with E-state index in [2.05, 4.69) is 13.8 Å². The minimum atomic E-state index is 1.37. The third-order valence-electron chi connectivity index (χ3n) is 7.37. The van der Waals surface area contributed by atoms with Crippen molar-refractivity contribution in [2.75, 3.05) is 0 Å². The van der Waals surface area contributed by atoms with Gasteiger partial charge in [-0.25, -0.2) is 0 Å². The van der Waals surface area contributed by atoms with Crippen LogP contribution in [0, 0.1) is 0 Å². The molecule has 4 aliphatic rings. The summed E-state index contributed by atoms with van der Waals surface area (Å²) in [6.07, 6.45) is 53.4. The zero-order valence-corrected chi connectivity index (χ0v) is 27.5. The van der Waals surface area contributed by atoms with Crippen LogP contribution in [-0.4, -0.2) is 0 Å². The Bertz CT molecular complexity index is 305. The van der Waals surface area contributed by atoms with Crippen molar-refractivity contribution in [1.29, 1.82) is 0 Å². The molecule has 0 N–H and O–H groups in total. The summed E-state index contributed by atoms with van der Waals surface area (Å²) in [5.41, 5.74) is 0. The average Bonchev–Trinajstić information content (AvgIpc) is 3.75. The minimum absolute atomic E-state index is 1.37. The van der Waals surface area contributed by atoms with Crippen molar-refractivity contribution in [3.8, 4) is 0 Å². The number of rotatable bonds is 23. The number of hydrogen-bond donors (Lipinski definition) is 0. The molecule has 0 nitrogen and oxygen atoms in total. The van der Waals surface area contributed by atoms with Crippen LogP contribution in [0.25, 0.3) is 0 Å². The van der Waals surface area contributed by atoms with Crippen molar-refractivity contribution in [2.24, 2.45) is 0 Å². The molecule has 0 aromatic rings. The maximum absolute atomic E-state index is 2.30. The van der Waals surface area contributed by atoms with E-state index in [4.69, 9.17) is 0 Å². The van der Waals surface area contributed by atoms with E-state index >= 15 is 0 Å².